The zero-order valence-electron chi connectivity index (χ0n) is 10.9. The minimum Gasteiger partial charge on any atom is -0.336 e. The SMILES string of the molecule is CNCC(=O)N1C(C)CC(CNC)CC1C. The lowest BCUT2D eigenvalue weighted by atomic mass is 9.87. The van der Waals surface area contributed by atoms with E-state index in [4.69, 9.17) is 0 Å². The van der Waals surface area contributed by atoms with E-state index in [1.54, 1.807) is 0 Å². The van der Waals surface area contributed by atoms with Gasteiger partial charge in [0.15, 0.2) is 0 Å². The van der Waals surface area contributed by atoms with Crippen LogP contribution in [-0.2, 0) is 4.79 Å². The van der Waals surface area contributed by atoms with Crippen molar-refractivity contribution in [1.29, 1.82) is 0 Å². The average Bonchev–Trinajstić information content (AvgIpc) is 2.17. The van der Waals surface area contributed by atoms with Crippen LogP contribution in [0.2, 0.25) is 0 Å². The Morgan fingerprint density at radius 2 is 1.75 bits per heavy atom. The Morgan fingerprint density at radius 3 is 2.19 bits per heavy atom. The highest BCUT2D eigenvalue weighted by Crippen LogP contribution is 2.27. The summed E-state index contributed by atoms with van der Waals surface area (Å²) >= 11 is 0. The number of rotatable bonds is 4. The summed E-state index contributed by atoms with van der Waals surface area (Å²) in [5.74, 6) is 0.930. The Morgan fingerprint density at radius 1 is 1.19 bits per heavy atom. The molecule has 1 heterocycles. The Hall–Kier alpha value is -0.610. The summed E-state index contributed by atoms with van der Waals surface area (Å²) in [5.41, 5.74) is 0. The van der Waals surface area contributed by atoms with Crippen molar-refractivity contribution in [3.63, 3.8) is 0 Å². The van der Waals surface area contributed by atoms with Crippen LogP contribution in [0, 0.1) is 5.92 Å². The van der Waals surface area contributed by atoms with Gasteiger partial charge in [-0.05, 0) is 53.2 Å². The zero-order valence-corrected chi connectivity index (χ0v) is 10.9. The van der Waals surface area contributed by atoms with Crippen LogP contribution < -0.4 is 10.6 Å². The monoisotopic (exact) mass is 227 g/mol. The van der Waals surface area contributed by atoms with Crippen LogP contribution in [0.5, 0.6) is 0 Å². The molecule has 0 aromatic rings. The van der Waals surface area contributed by atoms with Gasteiger partial charge in [0.25, 0.3) is 0 Å². The molecule has 1 aliphatic rings. The van der Waals surface area contributed by atoms with E-state index in [0.717, 1.165) is 19.4 Å². The number of amides is 1. The van der Waals surface area contributed by atoms with Crippen molar-refractivity contribution >= 4 is 5.91 Å². The molecule has 2 N–H and O–H groups in total. The molecular weight excluding hydrogens is 202 g/mol. The van der Waals surface area contributed by atoms with Crippen LogP contribution in [0.25, 0.3) is 0 Å². The third kappa shape index (κ3) is 3.19. The summed E-state index contributed by atoms with van der Waals surface area (Å²) in [6.45, 7) is 5.83. The Labute approximate surface area is 98.8 Å². The number of nitrogens with one attached hydrogen (secondary N) is 2. The first-order chi connectivity index (χ1) is 7.60. The number of carbonyl (C=O) groups is 1. The van der Waals surface area contributed by atoms with E-state index in [2.05, 4.69) is 24.5 Å². The summed E-state index contributed by atoms with van der Waals surface area (Å²) in [6.07, 6.45) is 2.22. The van der Waals surface area contributed by atoms with E-state index >= 15 is 0 Å². The number of hydrogen-bond donors (Lipinski definition) is 2. The second kappa shape index (κ2) is 6.21. The standard InChI is InChI=1S/C12H25N3O/c1-9-5-11(7-13-3)6-10(2)15(9)12(16)8-14-4/h9-11,13-14H,5-8H2,1-4H3. The van der Waals surface area contributed by atoms with Crippen LogP contribution in [0.4, 0.5) is 0 Å². The number of hydrogen-bond acceptors (Lipinski definition) is 3. The highest BCUT2D eigenvalue weighted by molar-refractivity contribution is 5.79. The van der Waals surface area contributed by atoms with E-state index in [-0.39, 0.29) is 5.91 Å². The molecule has 0 bridgehead atoms. The molecule has 16 heavy (non-hydrogen) atoms. The molecule has 0 saturated carbocycles. The van der Waals surface area contributed by atoms with Gasteiger partial charge in [0.1, 0.15) is 0 Å². The maximum atomic E-state index is 11.9. The smallest absolute Gasteiger partial charge is 0.236 e. The second-order valence-electron chi connectivity index (χ2n) is 4.92. The molecule has 1 saturated heterocycles. The first-order valence-electron chi connectivity index (χ1n) is 6.20. The highest BCUT2D eigenvalue weighted by Gasteiger charge is 2.32. The third-order valence-electron chi connectivity index (χ3n) is 3.41. The van der Waals surface area contributed by atoms with Gasteiger partial charge in [-0.25, -0.2) is 0 Å². The molecule has 94 valence electrons. The van der Waals surface area contributed by atoms with Crippen molar-refractivity contribution < 1.29 is 4.79 Å². The summed E-state index contributed by atoms with van der Waals surface area (Å²) < 4.78 is 0. The molecule has 0 aromatic heterocycles. The lowest BCUT2D eigenvalue weighted by molar-refractivity contribution is -0.137. The van der Waals surface area contributed by atoms with Crippen molar-refractivity contribution in [1.82, 2.24) is 15.5 Å². The summed E-state index contributed by atoms with van der Waals surface area (Å²) in [4.78, 5) is 14.0. The van der Waals surface area contributed by atoms with Gasteiger partial charge in [0.2, 0.25) is 5.91 Å². The quantitative estimate of drug-likeness (QED) is 0.732. The van der Waals surface area contributed by atoms with Crippen LogP contribution in [-0.4, -0.2) is 50.1 Å². The molecule has 1 amide bonds. The molecule has 0 aliphatic carbocycles. The number of carbonyl (C=O) groups excluding carboxylic acids is 1. The first kappa shape index (κ1) is 13.5. The van der Waals surface area contributed by atoms with Crippen molar-refractivity contribution in [2.75, 3.05) is 27.2 Å². The molecule has 4 heteroatoms. The van der Waals surface area contributed by atoms with Crippen LogP contribution in [0.1, 0.15) is 26.7 Å². The van der Waals surface area contributed by atoms with E-state index in [1.165, 1.54) is 0 Å². The van der Waals surface area contributed by atoms with Crippen molar-refractivity contribution in [2.24, 2.45) is 5.92 Å². The normalized spacial score (nSPS) is 30.5. The molecule has 0 radical (unpaired) electrons. The van der Waals surface area contributed by atoms with Crippen LogP contribution in [0.15, 0.2) is 0 Å². The number of nitrogens with zero attached hydrogens (tertiary/aromatic N) is 1. The zero-order chi connectivity index (χ0) is 12.1. The fourth-order valence-electron chi connectivity index (χ4n) is 2.91. The highest BCUT2D eigenvalue weighted by atomic mass is 16.2. The fraction of sp³-hybridized carbons (Fsp3) is 0.917. The van der Waals surface area contributed by atoms with Crippen molar-refractivity contribution in [2.45, 2.75) is 38.8 Å². The molecule has 1 fully saturated rings. The topological polar surface area (TPSA) is 44.4 Å². The van der Waals surface area contributed by atoms with E-state index in [9.17, 15) is 4.79 Å². The van der Waals surface area contributed by atoms with E-state index < -0.39 is 0 Å². The van der Waals surface area contributed by atoms with Gasteiger partial charge in [-0.15, -0.1) is 0 Å². The minimum atomic E-state index is 0.227. The molecular formula is C12H25N3O. The Balaban J connectivity index is 2.58. The molecule has 1 rings (SSSR count). The molecule has 1 aliphatic heterocycles. The number of likely N-dealkylation sites (N-methyl/N-ethyl adjacent to an activating group) is 1. The predicted molar refractivity (Wildman–Crippen MR) is 66.3 cm³/mol. The minimum absolute atomic E-state index is 0.227. The van der Waals surface area contributed by atoms with E-state index in [1.807, 2.05) is 19.0 Å². The van der Waals surface area contributed by atoms with Gasteiger partial charge in [0.05, 0.1) is 6.54 Å². The largest absolute Gasteiger partial charge is 0.336 e. The maximum absolute atomic E-state index is 11.9. The molecule has 2 unspecified atom stereocenters. The van der Waals surface area contributed by atoms with Gasteiger partial charge in [-0.1, -0.05) is 0 Å². The van der Waals surface area contributed by atoms with Gasteiger partial charge in [-0.2, -0.15) is 0 Å². The third-order valence-corrected chi connectivity index (χ3v) is 3.41. The molecule has 0 spiro atoms. The number of piperidine rings is 1. The molecule has 2 atom stereocenters. The van der Waals surface area contributed by atoms with Gasteiger partial charge >= 0.3 is 0 Å². The Bertz CT molecular complexity index is 220. The summed E-state index contributed by atoms with van der Waals surface area (Å²) in [5, 5.41) is 6.17. The lowest BCUT2D eigenvalue weighted by Crippen LogP contribution is -2.53. The van der Waals surface area contributed by atoms with Gasteiger partial charge in [-0.3, -0.25) is 4.79 Å². The van der Waals surface area contributed by atoms with E-state index in [0.29, 0.717) is 24.5 Å². The Kier molecular flexibility index (Phi) is 5.22. The molecule has 4 nitrogen and oxygen atoms in total. The average molecular weight is 227 g/mol. The second-order valence-corrected chi connectivity index (χ2v) is 4.92. The fourth-order valence-corrected chi connectivity index (χ4v) is 2.91. The lowest BCUT2D eigenvalue weighted by Gasteiger charge is -2.42. The maximum Gasteiger partial charge on any atom is 0.236 e. The summed E-state index contributed by atoms with van der Waals surface area (Å²) in [7, 11) is 3.81. The van der Waals surface area contributed by atoms with Crippen LogP contribution in [0.3, 0.4) is 0 Å². The first-order valence-corrected chi connectivity index (χ1v) is 6.20. The molecule has 0 aromatic carbocycles. The van der Waals surface area contributed by atoms with Crippen LogP contribution >= 0.6 is 0 Å². The van der Waals surface area contributed by atoms with Gasteiger partial charge < -0.3 is 15.5 Å². The summed E-state index contributed by atoms with van der Waals surface area (Å²) in [6, 6.07) is 0.728. The van der Waals surface area contributed by atoms with Crippen molar-refractivity contribution in [3.05, 3.63) is 0 Å². The van der Waals surface area contributed by atoms with Crippen molar-refractivity contribution in [3.8, 4) is 0 Å². The van der Waals surface area contributed by atoms with Gasteiger partial charge in [0, 0.05) is 12.1 Å². The predicted octanol–water partition coefficient (Wildman–Crippen LogP) is 0.441. The number of likely N-dealkylation sites (tertiary alicyclic amines) is 1.